The molecule has 2 N–H and O–H groups in total. The van der Waals surface area contributed by atoms with E-state index < -0.39 is 29.6 Å². The number of anilines is 1. The monoisotopic (exact) mass is 444 g/mol. The molecule has 6 nitrogen and oxygen atoms in total. The van der Waals surface area contributed by atoms with E-state index in [4.69, 9.17) is 4.74 Å². The zero-order valence-corrected chi connectivity index (χ0v) is 18.2. The Morgan fingerprint density at radius 3 is 2.60 bits per heavy atom. The molecule has 0 spiro atoms. The molecule has 0 fully saturated rings. The molecule has 2 aromatic rings. The van der Waals surface area contributed by atoms with Crippen molar-refractivity contribution in [2.45, 2.75) is 40.2 Å². The summed E-state index contributed by atoms with van der Waals surface area (Å²) in [6.45, 7) is 8.57. The van der Waals surface area contributed by atoms with Crippen LogP contribution in [0.25, 0.3) is 0 Å². The van der Waals surface area contributed by atoms with Crippen molar-refractivity contribution in [3.63, 3.8) is 0 Å². The lowest BCUT2D eigenvalue weighted by Crippen LogP contribution is -2.30. The molecule has 0 aliphatic carbocycles. The van der Waals surface area contributed by atoms with Crippen LogP contribution in [-0.2, 0) is 6.61 Å². The Hall–Kier alpha value is -2.33. The Balaban J connectivity index is 1.76. The Morgan fingerprint density at radius 1 is 1.17 bits per heavy atom. The van der Waals surface area contributed by atoms with Gasteiger partial charge in [0.2, 0.25) is 5.88 Å². The largest absolute Gasteiger partial charge is 0.472 e. The number of carbonyl (C=O) groups excluding carboxylic acids is 1. The van der Waals surface area contributed by atoms with Crippen LogP contribution in [0.3, 0.4) is 0 Å². The molecule has 0 aliphatic heterocycles. The summed E-state index contributed by atoms with van der Waals surface area (Å²) in [5.74, 6) is -3.19. The highest BCUT2D eigenvalue weighted by Gasteiger charge is 2.18. The second-order valence-corrected chi connectivity index (χ2v) is 7.52. The average molecular weight is 445 g/mol. The third kappa shape index (κ3) is 6.88. The fourth-order valence-corrected chi connectivity index (χ4v) is 3.36. The van der Waals surface area contributed by atoms with Crippen LogP contribution in [0.5, 0.6) is 5.88 Å². The van der Waals surface area contributed by atoms with Crippen molar-refractivity contribution in [1.29, 1.82) is 0 Å². The molecular weight excluding hydrogens is 417 g/mol. The molecule has 166 valence electrons. The van der Waals surface area contributed by atoms with Gasteiger partial charge in [0.05, 0.1) is 5.56 Å². The number of nitrogens with one attached hydrogen (secondary N) is 2. The van der Waals surface area contributed by atoms with Gasteiger partial charge >= 0.3 is 6.03 Å². The quantitative estimate of drug-likeness (QED) is 0.390. The van der Waals surface area contributed by atoms with Crippen LogP contribution in [-0.4, -0.2) is 41.5 Å². The maximum atomic E-state index is 13.9. The minimum Gasteiger partial charge on any atom is -0.472 e. The van der Waals surface area contributed by atoms with E-state index in [1.54, 1.807) is 0 Å². The molecule has 0 atom stereocenters. The summed E-state index contributed by atoms with van der Waals surface area (Å²) < 4.78 is 50.5. The molecule has 0 aliphatic rings. The maximum Gasteiger partial charge on any atom is 0.319 e. The number of unbranched alkanes of at least 4 members (excludes halogenated alkanes) is 1. The number of halogens is 3. The van der Waals surface area contributed by atoms with E-state index in [0.29, 0.717) is 11.5 Å². The van der Waals surface area contributed by atoms with Crippen molar-refractivity contribution in [2.24, 2.45) is 0 Å². The van der Waals surface area contributed by atoms with Crippen molar-refractivity contribution >= 4 is 22.6 Å². The number of aryl methyl sites for hydroxylation is 1. The maximum absolute atomic E-state index is 13.9. The molecule has 0 unspecified atom stereocenters. The van der Waals surface area contributed by atoms with Crippen molar-refractivity contribution in [2.75, 3.05) is 31.5 Å². The molecule has 1 heterocycles. The number of benzene rings is 1. The van der Waals surface area contributed by atoms with Crippen LogP contribution in [0, 0.1) is 24.4 Å². The SMILES string of the molecule is CCN(CC)CCCCNC(=O)Nc1cc(OCc2c(F)cc(C)c(F)c2F)ns1. The molecule has 0 bridgehead atoms. The lowest BCUT2D eigenvalue weighted by molar-refractivity contribution is 0.251. The van der Waals surface area contributed by atoms with Gasteiger partial charge < -0.3 is 15.0 Å². The third-order valence-electron chi connectivity index (χ3n) is 4.61. The van der Waals surface area contributed by atoms with Crippen molar-refractivity contribution in [3.8, 4) is 5.88 Å². The van der Waals surface area contributed by atoms with Crippen molar-refractivity contribution in [1.82, 2.24) is 14.6 Å². The first-order chi connectivity index (χ1) is 14.3. The lowest BCUT2D eigenvalue weighted by Gasteiger charge is -2.17. The zero-order valence-electron chi connectivity index (χ0n) is 17.4. The van der Waals surface area contributed by atoms with Gasteiger partial charge in [-0.1, -0.05) is 13.8 Å². The summed E-state index contributed by atoms with van der Waals surface area (Å²) >= 11 is 0.965. The lowest BCUT2D eigenvalue weighted by atomic mass is 10.1. The number of carbonyl (C=O) groups is 1. The predicted octanol–water partition coefficient (Wildman–Crippen LogP) is 4.69. The van der Waals surface area contributed by atoms with E-state index in [2.05, 4.69) is 33.8 Å². The zero-order chi connectivity index (χ0) is 22.1. The van der Waals surface area contributed by atoms with Gasteiger partial charge in [-0.2, -0.15) is 4.37 Å². The highest BCUT2D eigenvalue weighted by molar-refractivity contribution is 7.10. The van der Waals surface area contributed by atoms with Gasteiger partial charge in [0.25, 0.3) is 0 Å². The minimum atomic E-state index is -1.28. The summed E-state index contributed by atoms with van der Waals surface area (Å²) in [7, 11) is 0. The van der Waals surface area contributed by atoms with Gasteiger partial charge in [0, 0.05) is 12.6 Å². The Labute approximate surface area is 178 Å². The van der Waals surface area contributed by atoms with Crippen molar-refractivity contribution < 1.29 is 22.7 Å². The summed E-state index contributed by atoms with van der Waals surface area (Å²) in [5.41, 5.74) is -0.629. The first-order valence-electron chi connectivity index (χ1n) is 9.85. The van der Waals surface area contributed by atoms with Gasteiger partial charge in [-0.25, -0.2) is 18.0 Å². The van der Waals surface area contributed by atoms with E-state index in [-0.39, 0.29) is 17.5 Å². The molecule has 2 rings (SSSR count). The van der Waals surface area contributed by atoms with E-state index in [1.807, 2.05) is 0 Å². The van der Waals surface area contributed by atoms with E-state index in [1.165, 1.54) is 13.0 Å². The van der Waals surface area contributed by atoms with Crippen LogP contribution >= 0.6 is 11.5 Å². The fourth-order valence-electron chi connectivity index (χ4n) is 2.77. The minimum absolute atomic E-state index is 0.0781. The van der Waals surface area contributed by atoms with Gasteiger partial charge in [0.15, 0.2) is 11.6 Å². The number of urea groups is 1. The molecule has 10 heteroatoms. The standard InChI is InChI=1S/C20H27F3N4O2S/c1-4-27(5-2)9-7-6-8-24-20(28)25-17-11-16(26-30-17)29-12-14-15(21)10-13(3)18(22)19(14)23/h10-11H,4-9,12H2,1-3H3,(H2,24,25,28). The molecular formula is C20H27F3N4O2S. The second-order valence-electron chi connectivity index (χ2n) is 6.71. The Morgan fingerprint density at radius 2 is 1.90 bits per heavy atom. The third-order valence-corrected chi connectivity index (χ3v) is 5.29. The van der Waals surface area contributed by atoms with Gasteiger partial charge in [-0.15, -0.1) is 0 Å². The molecule has 0 radical (unpaired) electrons. The topological polar surface area (TPSA) is 66.5 Å². The molecule has 1 aromatic heterocycles. The highest BCUT2D eigenvalue weighted by atomic mass is 32.1. The number of hydrogen-bond donors (Lipinski definition) is 2. The normalized spacial score (nSPS) is 11.0. The van der Waals surface area contributed by atoms with Gasteiger partial charge in [0.1, 0.15) is 17.4 Å². The molecule has 0 saturated heterocycles. The molecule has 2 amide bonds. The van der Waals surface area contributed by atoms with E-state index in [0.717, 1.165) is 50.1 Å². The van der Waals surface area contributed by atoms with Crippen LogP contribution in [0.2, 0.25) is 0 Å². The van der Waals surface area contributed by atoms with E-state index >= 15 is 0 Å². The van der Waals surface area contributed by atoms with Crippen LogP contribution in [0.15, 0.2) is 12.1 Å². The van der Waals surface area contributed by atoms with Crippen molar-refractivity contribution in [3.05, 3.63) is 40.7 Å². The fraction of sp³-hybridized carbons (Fsp3) is 0.500. The predicted molar refractivity (Wildman–Crippen MR) is 112 cm³/mol. The average Bonchev–Trinajstić information content (AvgIpc) is 3.16. The van der Waals surface area contributed by atoms with Crippen LogP contribution in [0.4, 0.5) is 23.0 Å². The van der Waals surface area contributed by atoms with Gasteiger partial charge in [-0.05, 0) is 62.6 Å². The second kappa shape index (κ2) is 11.8. The van der Waals surface area contributed by atoms with E-state index in [9.17, 15) is 18.0 Å². The Bertz CT molecular complexity index is 844. The first kappa shape index (κ1) is 23.9. The number of ether oxygens (including phenoxy) is 1. The number of aromatic nitrogens is 1. The number of rotatable bonds is 11. The summed E-state index contributed by atoms with van der Waals surface area (Å²) in [6, 6.07) is 1.98. The Kier molecular flexibility index (Phi) is 9.38. The molecule has 1 aromatic carbocycles. The summed E-state index contributed by atoms with van der Waals surface area (Å²) in [5, 5.41) is 5.81. The summed E-state index contributed by atoms with van der Waals surface area (Å²) in [4.78, 5) is 14.3. The highest BCUT2D eigenvalue weighted by Crippen LogP contribution is 2.25. The first-order valence-corrected chi connectivity index (χ1v) is 10.6. The number of amides is 2. The van der Waals surface area contributed by atoms with Gasteiger partial charge in [-0.3, -0.25) is 5.32 Å². The molecule has 30 heavy (non-hydrogen) atoms. The van der Waals surface area contributed by atoms with Crippen LogP contribution in [0.1, 0.15) is 37.8 Å². The summed E-state index contributed by atoms with van der Waals surface area (Å²) in [6.07, 6.45) is 1.86. The molecule has 0 saturated carbocycles. The van der Waals surface area contributed by atoms with Crippen LogP contribution < -0.4 is 15.4 Å². The smallest absolute Gasteiger partial charge is 0.319 e. The number of nitrogens with zero attached hydrogens (tertiary/aromatic N) is 2. The number of hydrogen-bond acceptors (Lipinski definition) is 5.